The average molecular weight is 413 g/mol. The summed E-state index contributed by atoms with van der Waals surface area (Å²) in [4.78, 5) is 29.9. The number of aliphatic imine (C=N–C) groups is 1. The fourth-order valence-corrected chi connectivity index (χ4v) is 3.59. The van der Waals surface area contributed by atoms with E-state index in [4.69, 9.17) is 11.5 Å². The Morgan fingerprint density at radius 1 is 1.48 bits per heavy atom. The lowest BCUT2D eigenvalue weighted by atomic mass is 10.3. The van der Waals surface area contributed by atoms with Crippen LogP contribution in [0.1, 0.15) is 18.5 Å². The molecule has 0 saturated heterocycles. The van der Waals surface area contributed by atoms with Gasteiger partial charge in [0, 0.05) is 29.9 Å². The molecule has 0 aromatic carbocycles. The van der Waals surface area contributed by atoms with E-state index in [1.54, 1.807) is 11.8 Å². The normalized spacial score (nSPS) is 10.5. The second-order valence-electron chi connectivity index (χ2n) is 5.36. The second kappa shape index (κ2) is 10.5. The summed E-state index contributed by atoms with van der Waals surface area (Å²) >= 11 is 3.02. The van der Waals surface area contributed by atoms with Crippen LogP contribution < -0.4 is 16.8 Å². The molecule has 11 nitrogen and oxygen atoms in total. The number of carbonyl (C=O) groups excluding carboxylic acids is 1. The number of carbonyl (C=O) groups is 1. The molecule has 0 unspecified atom stereocenters. The highest BCUT2D eigenvalue weighted by Gasteiger charge is 2.10. The number of hydrogen-bond acceptors (Lipinski definition) is 8. The highest BCUT2D eigenvalue weighted by atomic mass is 32.2. The standard InChI is InChI=1S/C14H20N8O3S2/c15-13(16)19-14-18-10(9-27-14)8-26-7-4-17-12(23)2-1-5-21-6-3-11(20-21)22(24)25/h3,6,9H,1-2,4-5,7-8H2,(H,17,23)(H4,15,16,18,19). The van der Waals surface area contributed by atoms with Crippen molar-refractivity contribution >= 4 is 45.9 Å². The summed E-state index contributed by atoms with van der Waals surface area (Å²) in [6.07, 6.45) is 2.43. The maximum Gasteiger partial charge on any atom is 0.389 e. The molecule has 27 heavy (non-hydrogen) atoms. The summed E-state index contributed by atoms with van der Waals surface area (Å²) < 4.78 is 1.46. The topological polar surface area (TPSA) is 167 Å². The fourth-order valence-electron chi connectivity index (χ4n) is 2.03. The summed E-state index contributed by atoms with van der Waals surface area (Å²) in [5, 5.41) is 19.6. The third-order valence-electron chi connectivity index (χ3n) is 3.19. The van der Waals surface area contributed by atoms with E-state index in [0.29, 0.717) is 36.8 Å². The Kier molecular flexibility index (Phi) is 8.00. The monoisotopic (exact) mass is 412 g/mol. The van der Waals surface area contributed by atoms with Crippen molar-refractivity contribution in [2.45, 2.75) is 25.1 Å². The molecule has 146 valence electrons. The van der Waals surface area contributed by atoms with Gasteiger partial charge in [0.25, 0.3) is 0 Å². The van der Waals surface area contributed by atoms with E-state index in [1.165, 1.54) is 28.3 Å². The number of amides is 1. The zero-order chi connectivity index (χ0) is 19.6. The summed E-state index contributed by atoms with van der Waals surface area (Å²) in [5.41, 5.74) is 11.5. The van der Waals surface area contributed by atoms with Gasteiger partial charge in [0.2, 0.25) is 11.0 Å². The number of aryl methyl sites for hydroxylation is 1. The van der Waals surface area contributed by atoms with Gasteiger partial charge in [-0.2, -0.15) is 21.4 Å². The molecule has 0 aliphatic heterocycles. The number of thioether (sulfide) groups is 1. The molecular weight excluding hydrogens is 392 g/mol. The Bertz CT molecular complexity index is 800. The summed E-state index contributed by atoms with van der Waals surface area (Å²) in [6, 6.07) is 1.33. The molecule has 0 fully saturated rings. The van der Waals surface area contributed by atoms with Gasteiger partial charge in [-0.3, -0.25) is 4.79 Å². The van der Waals surface area contributed by atoms with Crippen LogP contribution in [0.2, 0.25) is 0 Å². The molecule has 0 spiro atoms. The smallest absolute Gasteiger partial charge is 0.370 e. The maximum atomic E-state index is 11.8. The Morgan fingerprint density at radius 2 is 2.30 bits per heavy atom. The van der Waals surface area contributed by atoms with Crippen molar-refractivity contribution in [3.05, 3.63) is 33.5 Å². The first-order chi connectivity index (χ1) is 12.9. The highest BCUT2D eigenvalue weighted by Crippen LogP contribution is 2.21. The number of rotatable bonds is 11. The third kappa shape index (κ3) is 7.62. The van der Waals surface area contributed by atoms with Crippen LogP contribution in [-0.4, -0.2) is 43.9 Å². The summed E-state index contributed by atoms with van der Waals surface area (Å²) in [5.74, 6) is 1.21. The van der Waals surface area contributed by atoms with Gasteiger partial charge in [-0.25, -0.2) is 4.98 Å². The van der Waals surface area contributed by atoms with E-state index in [9.17, 15) is 14.9 Å². The molecule has 2 aromatic heterocycles. The van der Waals surface area contributed by atoms with Gasteiger partial charge in [-0.1, -0.05) is 0 Å². The average Bonchev–Trinajstić information content (AvgIpc) is 3.24. The molecule has 0 bridgehead atoms. The molecular formula is C14H20N8O3S2. The molecule has 0 aliphatic carbocycles. The molecule has 2 aromatic rings. The summed E-state index contributed by atoms with van der Waals surface area (Å²) in [7, 11) is 0. The van der Waals surface area contributed by atoms with E-state index >= 15 is 0 Å². The quantitative estimate of drug-likeness (QED) is 0.161. The molecule has 13 heteroatoms. The van der Waals surface area contributed by atoms with Crippen LogP contribution in [0.5, 0.6) is 0 Å². The SMILES string of the molecule is NC(N)=Nc1nc(CSCCNC(=O)CCCn2ccc([N+](=O)[O-])n2)cs1. The minimum absolute atomic E-state index is 0.0166. The van der Waals surface area contributed by atoms with E-state index in [1.807, 2.05) is 5.38 Å². The molecule has 1 amide bonds. The fraction of sp³-hybridized carbons (Fsp3) is 0.429. The number of nitrogens with zero attached hydrogens (tertiary/aromatic N) is 5. The van der Waals surface area contributed by atoms with E-state index in [2.05, 4.69) is 20.4 Å². The van der Waals surface area contributed by atoms with Crippen LogP contribution in [0, 0.1) is 10.1 Å². The predicted octanol–water partition coefficient (Wildman–Crippen LogP) is 0.982. The Morgan fingerprint density at radius 3 is 3.00 bits per heavy atom. The van der Waals surface area contributed by atoms with Gasteiger partial charge < -0.3 is 26.9 Å². The lowest BCUT2D eigenvalue weighted by molar-refractivity contribution is -0.389. The van der Waals surface area contributed by atoms with Gasteiger partial charge in [-0.15, -0.1) is 11.3 Å². The van der Waals surface area contributed by atoms with Gasteiger partial charge in [-0.05, 0) is 11.3 Å². The van der Waals surface area contributed by atoms with Gasteiger partial charge in [0.1, 0.15) is 0 Å². The summed E-state index contributed by atoms with van der Waals surface area (Å²) in [6.45, 7) is 1.01. The van der Waals surface area contributed by atoms with Gasteiger partial charge >= 0.3 is 5.82 Å². The highest BCUT2D eigenvalue weighted by molar-refractivity contribution is 7.98. The maximum absolute atomic E-state index is 11.8. The molecule has 0 radical (unpaired) electrons. The Hall–Kier alpha value is -2.67. The lowest BCUT2D eigenvalue weighted by Gasteiger charge is -2.04. The predicted molar refractivity (Wildman–Crippen MR) is 105 cm³/mol. The van der Waals surface area contributed by atoms with E-state index < -0.39 is 4.92 Å². The van der Waals surface area contributed by atoms with Crippen LogP contribution in [0.3, 0.4) is 0 Å². The van der Waals surface area contributed by atoms with Crippen LogP contribution in [0.15, 0.2) is 22.6 Å². The van der Waals surface area contributed by atoms with Crippen molar-refractivity contribution < 1.29 is 9.72 Å². The first kappa shape index (κ1) is 20.6. The van der Waals surface area contributed by atoms with E-state index in [0.717, 1.165) is 11.4 Å². The van der Waals surface area contributed by atoms with Crippen molar-refractivity contribution in [2.24, 2.45) is 16.5 Å². The first-order valence-corrected chi connectivity index (χ1v) is 10.0. The molecule has 5 N–H and O–H groups in total. The molecule has 2 heterocycles. The lowest BCUT2D eigenvalue weighted by Crippen LogP contribution is -2.25. The van der Waals surface area contributed by atoms with Crippen molar-refractivity contribution in [3.63, 3.8) is 0 Å². The van der Waals surface area contributed by atoms with Crippen molar-refractivity contribution in [3.8, 4) is 0 Å². The van der Waals surface area contributed by atoms with Crippen LogP contribution in [-0.2, 0) is 17.1 Å². The molecule has 0 atom stereocenters. The zero-order valence-corrected chi connectivity index (χ0v) is 16.0. The Labute approximate surface area is 163 Å². The van der Waals surface area contributed by atoms with Crippen LogP contribution >= 0.6 is 23.1 Å². The third-order valence-corrected chi connectivity index (χ3v) is 4.96. The number of nitro groups is 1. The number of aromatic nitrogens is 3. The number of hydrogen-bond donors (Lipinski definition) is 3. The number of guanidine groups is 1. The van der Waals surface area contributed by atoms with Crippen molar-refractivity contribution in [2.75, 3.05) is 12.3 Å². The number of thiazole rings is 1. The molecule has 2 rings (SSSR count). The minimum atomic E-state index is -0.547. The minimum Gasteiger partial charge on any atom is -0.370 e. The number of nitrogens with one attached hydrogen (secondary N) is 1. The van der Waals surface area contributed by atoms with Gasteiger partial charge in [0.15, 0.2) is 5.96 Å². The van der Waals surface area contributed by atoms with Crippen molar-refractivity contribution in [1.82, 2.24) is 20.1 Å². The second-order valence-corrected chi connectivity index (χ2v) is 7.30. The van der Waals surface area contributed by atoms with Crippen LogP contribution in [0.4, 0.5) is 10.9 Å². The number of nitrogens with two attached hydrogens (primary N) is 2. The molecule has 0 saturated carbocycles. The van der Waals surface area contributed by atoms with E-state index in [-0.39, 0.29) is 17.7 Å². The largest absolute Gasteiger partial charge is 0.389 e. The van der Waals surface area contributed by atoms with Crippen molar-refractivity contribution in [1.29, 1.82) is 0 Å². The first-order valence-electron chi connectivity index (χ1n) is 8.00. The van der Waals surface area contributed by atoms with Crippen LogP contribution in [0.25, 0.3) is 0 Å². The Balaban J connectivity index is 1.54. The molecule has 0 aliphatic rings. The zero-order valence-electron chi connectivity index (χ0n) is 14.4. The van der Waals surface area contributed by atoms with Gasteiger partial charge in [0.05, 0.1) is 29.6 Å².